The average molecular weight is 358 g/mol. The standard InChI is InChI=1S/C18H13ClFN3O2/c19-13-1-2-15(14(20)9-13)23-16-10-21-5-3-11(16)7-17(24)12-4-6-22-18(25)8-12/h1-6,8-10,23H,7H2,(H,22,25). The molecule has 0 fully saturated rings. The van der Waals surface area contributed by atoms with Gasteiger partial charge in [-0.15, -0.1) is 0 Å². The van der Waals surface area contributed by atoms with Crippen molar-refractivity contribution in [3.63, 3.8) is 0 Å². The van der Waals surface area contributed by atoms with E-state index in [2.05, 4.69) is 15.3 Å². The molecular weight excluding hydrogens is 345 g/mol. The number of benzene rings is 1. The molecule has 2 aromatic heterocycles. The van der Waals surface area contributed by atoms with Crippen LogP contribution in [0.15, 0.2) is 59.8 Å². The van der Waals surface area contributed by atoms with E-state index in [1.54, 1.807) is 18.3 Å². The Balaban J connectivity index is 1.86. The van der Waals surface area contributed by atoms with Gasteiger partial charge in [0, 0.05) is 35.5 Å². The number of aromatic nitrogens is 2. The van der Waals surface area contributed by atoms with Crippen molar-refractivity contribution < 1.29 is 9.18 Å². The lowest BCUT2D eigenvalue weighted by Gasteiger charge is -2.12. The number of pyridine rings is 2. The van der Waals surface area contributed by atoms with Crippen molar-refractivity contribution in [2.75, 3.05) is 5.32 Å². The van der Waals surface area contributed by atoms with Gasteiger partial charge in [-0.05, 0) is 35.9 Å². The minimum atomic E-state index is -0.511. The van der Waals surface area contributed by atoms with E-state index >= 15 is 0 Å². The number of ketones is 1. The maximum atomic E-state index is 14.0. The lowest BCUT2D eigenvalue weighted by molar-refractivity contribution is 0.0993. The Kier molecular flexibility index (Phi) is 4.90. The van der Waals surface area contributed by atoms with Crippen LogP contribution >= 0.6 is 11.6 Å². The molecule has 3 rings (SSSR count). The zero-order valence-electron chi connectivity index (χ0n) is 12.9. The van der Waals surface area contributed by atoms with Crippen LogP contribution in [-0.4, -0.2) is 15.8 Å². The Morgan fingerprint density at radius 2 is 2.04 bits per heavy atom. The van der Waals surface area contributed by atoms with Gasteiger partial charge in [-0.2, -0.15) is 0 Å². The van der Waals surface area contributed by atoms with Crippen LogP contribution in [0.5, 0.6) is 0 Å². The number of hydrogen-bond acceptors (Lipinski definition) is 4. The summed E-state index contributed by atoms with van der Waals surface area (Å²) in [5.41, 5.74) is 1.32. The fourth-order valence-corrected chi connectivity index (χ4v) is 2.48. The van der Waals surface area contributed by atoms with E-state index in [4.69, 9.17) is 11.6 Å². The predicted octanol–water partition coefficient (Wildman–Crippen LogP) is 3.73. The van der Waals surface area contributed by atoms with E-state index in [9.17, 15) is 14.0 Å². The summed E-state index contributed by atoms with van der Waals surface area (Å²) < 4.78 is 14.0. The SMILES string of the molecule is O=C(Cc1ccncc1Nc1ccc(Cl)cc1F)c1cc[nH]c(=O)c1. The molecule has 2 heterocycles. The first-order valence-electron chi connectivity index (χ1n) is 7.40. The molecule has 0 aliphatic carbocycles. The molecule has 0 radical (unpaired) electrons. The first-order valence-corrected chi connectivity index (χ1v) is 7.77. The highest BCUT2D eigenvalue weighted by molar-refractivity contribution is 6.30. The molecule has 0 spiro atoms. The third-order valence-corrected chi connectivity index (χ3v) is 3.80. The quantitative estimate of drug-likeness (QED) is 0.682. The number of carbonyl (C=O) groups excluding carboxylic acids is 1. The Hall–Kier alpha value is -2.99. The summed E-state index contributed by atoms with van der Waals surface area (Å²) in [6.07, 6.45) is 4.52. The largest absolute Gasteiger partial charge is 0.352 e. The molecule has 3 aromatic rings. The molecule has 25 heavy (non-hydrogen) atoms. The molecule has 0 unspecified atom stereocenters. The zero-order chi connectivity index (χ0) is 17.8. The average Bonchev–Trinajstić information content (AvgIpc) is 2.59. The lowest BCUT2D eigenvalue weighted by Crippen LogP contribution is -2.11. The van der Waals surface area contributed by atoms with E-state index in [0.717, 1.165) is 0 Å². The minimum Gasteiger partial charge on any atom is -0.352 e. The molecule has 0 atom stereocenters. The third kappa shape index (κ3) is 4.10. The van der Waals surface area contributed by atoms with Gasteiger partial charge in [0.2, 0.25) is 5.56 Å². The molecule has 0 amide bonds. The minimum absolute atomic E-state index is 0.0452. The van der Waals surface area contributed by atoms with E-state index < -0.39 is 5.82 Å². The fraction of sp³-hybridized carbons (Fsp3) is 0.0556. The number of carbonyl (C=O) groups is 1. The molecule has 126 valence electrons. The van der Waals surface area contributed by atoms with E-state index in [1.807, 2.05) is 0 Å². The molecule has 0 saturated heterocycles. The first kappa shape index (κ1) is 16.9. The Morgan fingerprint density at radius 1 is 1.20 bits per heavy atom. The highest BCUT2D eigenvalue weighted by Gasteiger charge is 2.12. The summed E-state index contributed by atoms with van der Waals surface area (Å²) in [6, 6.07) is 8.71. The van der Waals surface area contributed by atoms with Crippen LogP contribution in [0.4, 0.5) is 15.8 Å². The predicted molar refractivity (Wildman–Crippen MR) is 94.0 cm³/mol. The smallest absolute Gasteiger partial charge is 0.248 e. The van der Waals surface area contributed by atoms with Gasteiger partial charge in [0.1, 0.15) is 5.82 Å². The molecule has 0 bridgehead atoms. The van der Waals surface area contributed by atoms with Crippen LogP contribution in [0.1, 0.15) is 15.9 Å². The van der Waals surface area contributed by atoms with Crippen LogP contribution in [0, 0.1) is 5.82 Å². The summed E-state index contributed by atoms with van der Waals surface area (Å²) in [5, 5.41) is 3.21. The molecular formula is C18H13ClFN3O2. The number of halogens is 2. The summed E-state index contributed by atoms with van der Waals surface area (Å²) in [7, 11) is 0. The van der Waals surface area contributed by atoms with Gasteiger partial charge in [0.15, 0.2) is 5.78 Å². The van der Waals surface area contributed by atoms with Gasteiger partial charge >= 0.3 is 0 Å². The number of Topliss-reactive ketones (excluding diaryl/α,β-unsaturated/α-hetero) is 1. The summed E-state index contributed by atoms with van der Waals surface area (Å²) in [4.78, 5) is 30.2. The number of rotatable bonds is 5. The third-order valence-electron chi connectivity index (χ3n) is 3.56. The van der Waals surface area contributed by atoms with Crippen molar-refractivity contribution in [2.45, 2.75) is 6.42 Å². The van der Waals surface area contributed by atoms with Crippen LogP contribution in [0.2, 0.25) is 5.02 Å². The number of H-pyrrole nitrogens is 1. The number of aromatic amines is 1. The Morgan fingerprint density at radius 3 is 2.80 bits per heavy atom. The van der Waals surface area contributed by atoms with Crippen LogP contribution in [0.25, 0.3) is 0 Å². The summed E-state index contributed by atoms with van der Waals surface area (Å²) in [5.74, 6) is -0.736. The van der Waals surface area contributed by atoms with Gasteiger partial charge in [-0.3, -0.25) is 14.6 Å². The molecule has 0 aliphatic heterocycles. The van der Waals surface area contributed by atoms with Crippen molar-refractivity contribution in [2.24, 2.45) is 0 Å². The van der Waals surface area contributed by atoms with Crippen LogP contribution in [-0.2, 0) is 6.42 Å². The van der Waals surface area contributed by atoms with Crippen molar-refractivity contribution in [1.82, 2.24) is 9.97 Å². The number of hydrogen-bond donors (Lipinski definition) is 2. The van der Waals surface area contributed by atoms with Gasteiger partial charge in [0.05, 0.1) is 17.6 Å². The van der Waals surface area contributed by atoms with Gasteiger partial charge in [-0.1, -0.05) is 11.6 Å². The Bertz CT molecular complexity index is 988. The second-order valence-electron chi connectivity index (χ2n) is 5.32. The van der Waals surface area contributed by atoms with Gasteiger partial charge < -0.3 is 10.3 Å². The van der Waals surface area contributed by atoms with Crippen LogP contribution in [0.3, 0.4) is 0 Å². The van der Waals surface area contributed by atoms with Gasteiger partial charge in [-0.25, -0.2) is 4.39 Å². The zero-order valence-corrected chi connectivity index (χ0v) is 13.7. The van der Waals surface area contributed by atoms with Crippen molar-refractivity contribution in [1.29, 1.82) is 0 Å². The maximum Gasteiger partial charge on any atom is 0.248 e. The Labute approximate surface area is 147 Å². The normalized spacial score (nSPS) is 10.5. The summed E-state index contributed by atoms with van der Waals surface area (Å²) in [6.45, 7) is 0. The van der Waals surface area contributed by atoms with Crippen molar-refractivity contribution in [3.05, 3.63) is 87.3 Å². The monoisotopic (exact) mass is 357 g/mol. The second-order valence-corrected chi connectivity index (χ2v) is 5.76. The molecule has 5 nitrogen and oxygen atoms in total. The second kappa shape index (κ2) is 7.27. The highest BCUT2D eigenvalue weighted by atomic mass is 35.5. The molecule has 0 saturated carbocycles. The van der Waals surface area contributed by atoms with E-state index in [0.29, 0.717) is 21.8 Å². The summed E-state index contributed by atoms with van der Waals surface area (Å²) >= 11 is 5.75. The lowest BCUT2D eigenvalue weighted by atomic mass is 10.0. The molecule has 1 aromatic carbocycles. The topological polar surface area (TPSA) is 74.8 Å². The molecule has 0 aliphatic rings. The van der Waals surface area contributed by atoms with Crippen molar-refractivity contribution >= 4 is 28.8 Å². The fourth-order valence-electron chi connectivity index (χ4n) is 2.32. The first-order chi connectivity index (χ1) is 12.0. The highest BCUT2D eigenvalue weighted by Crippen LogP contribution is 2.25. The van der Waals surface area contributed by atoms with E-state index in [-0.39, 0.29) is 23.5 Å². The molecule has 2 N–H and O–H groups in total. The van der Waals surface area contributed by atoms with Crippen LogP contribution < -0.4 is 10.9 Å². The van der Waals surface area contributed by atoms with E-state index in [1.165, 1.54) is 36.7 Å². The van der Waals surface area contributed by atoms with Crippen molar-refractivity contribution in [3.8, 4) is 0 Å². The molecule has 7 heteroatoms. The van der Waals surface area contributed by atoms with Gasteiger partial charge in [0.25, 0.3) is 0 Å². The maximum absolute atomic E-state index is 14.0. The number of nitrogens with one attached hydrogen (secondary N) is 2. The number of anilines is 2. The number of nitrogens with zero attached hydrogens (tertiary/aromatic N) is 1.